The molecule has 0 bridgehead atoms. The van der Waals surface area contributed by atoms with Gasteiger partial charge in [0, 0.05) is 52.0 Å². The van der Waals surface area contributed by atoms with Crippen molar-refractivity contribution >= 4 is 39.3 Å². The molecule has 1 aromatic heterocycles. The smallest absolute Gasteiger partial charge is 0.331 e. The van der Waals surface area contributed by atoms with Gasteiger partial charge in [0.25, 0.3) is 0 Å². The van der Waals surface area contributed by atoms with Gasteiger partial charge in [0.1, 0.15) is 0 Å². The summed E-state index contributed by atoms with van der Waals surface area (Å²) in [4.78, 5) is 29.9. The first-order valence-electron chi connectivity index (χ1n) is 13.5. The van der Waals surface area contributed by atoms with Gasteiger partial charge in [-0.1, -0.05) is 73.7 Å². The van der Waals surface area contributed by atoms with Crippen LogP contribution in [0.4, 0.5) is 0 Å². The van der Waals surface area contributed by atoms with E-state index in [1.165, 1.54) is 39.0 Å². The van der Waals surface area contributed by atoms with Gasteiger partial charge in [-0.3, -0.25) is 4.79 Å². The molecule has 1 aliphatic rings. The van der Waals surface area contributed by atoms with E-state index in [-0.39, 0.29) is 5.78 Å². The normalized spacial score (nSPS) is 14.8. The molecule has 0 saturated heterocycles. The van der Waals surface area contributed by atoms with Gasteiger partial charge in [0.05, 0.1) is 5.71 Å². The lowest BCUT2D eigenvalue weighted by molar-refractivity contribution is -0.140. The maximum absolute atomic E-state index is 13.2. The van der Waals surface area contributed by atoms with Crippen LogP contribution in [-0.2, 0) is 16.2 Å². The number of carbonyl (C=O) groups excluding carboxylic acids is 2. The summed E-state index contributed by atoms with van der Waals surface area (Å²) in [5, 5.41) is 6.40. The van der Waals surface area contributed by atoms with E-state index in [1.807, 2.05) is 48.5 Å². The van der Waals surface area contributed by atoms with E-state index < -0.39 is 5.97 Å². The molecule has 0 spiro atoms. The lowest BCUT2D eigenvalue weighted by atomic mass is 9.85. The van der Waals surface area contributed by atoms with E-state index in [2.05, 4.69) is 34.8 Å². The zero-order valence-electron chi connectivity index (χ0n) is 21.7. The van der Waals surface area contributed by atoms with Crippen molar-refractivity contribution in [1.29, 1.82) is 0 Å². The number of nitrogens with zero attached hydrogens (tertiary/aromatic N) is 2. The van der Waals surface area contributed by atoms with Crippen molar-refractivity contribution < 1.29 is 14.4 Å². The lowest BCUT2D eigenvalue weighted by Gasteiger charge is -2.21. The molecule has 0 radical (unpaired) electrons. The van der Waals surface area contributed by atoms with Crippen LogP contribution in [0, 0.1) is 5.92 Å². The minimum absolute atomic E-state index is 0.0145. The summed E-state index contributed by atoms with van der Waals surface area (Å²) in [7, 11) is 0. The van der Waals surface area contributed by atoms with Crippen LogP contribution in [0.1, 0.15) is 80.3 Å². The average Bonchev–Trinajstić information content (AvgIpc) is 3.25. The van der Waals surface area contributed by atoms with E-state index in [0.29, 0.717) is 17.0 Å². The zero-order valence-corrected chi connectivity index (χ0v) is 21.7. The van der Waals surface area contributed by atoms with Crippen LogP contribution in [0.25, 0.3) is 21.8 Å². The summed E-state index contributed by atoms with van der Waals surface area (Å²) in [6.45, 7) is 4.33. The third-order valence-electron chi connectivity index (χ3n) is 7.61. The molecule has 5 rings (SSSR count). The first-order valence-corrected chi connectivity index (χ1v) is 13.5. The number of aromatic nitrogens is 1. The van der Waals surface area contributed by atoms with E-state index in [1.54, 1.807) is 0 Å². The van der Waals surface area contributed by atoms with Crippen LogP contribution >= 0.6 is 0 Å². The number of aryl methyl sites for hydroxylation is 1. The number of oxime groups is 1. The van der Waals surface area contributed by atoms with Gasteiger partial charge in [-0.15, -0.1) is 0 Å². The Morgan fingerprint density at radius 2 is 1.51 bits per heavy atom. The van der Waals surface area contributed by atoms with Crippen LogP contribution < -0.4 is 0 Å². The van der Waals surface area contributed by atoms with Gasteiger partial charge in [-0.05, 0) is 56.0 Å². The zero-order chi connectivity index (χ0) is 25.8. The SMILES string of the molecule is CCn1c2ccc(C(=O)c3ccccc3)cc2c2cc(/C(CCC3CCCCC3)=N/OC(C)=O)ccc21. The maximum Gasteiger partial charge on any atom is 0.331 e. The summed E-state index contributed by atoms with van der Waals surface area (Å²) in [5.41, 5.74) is 5.33. The van der Waals surface area contributed by atoms with Gasteiger partial charge in [0.2, 0.25) is 0 Å². The summed E-state index contributed by atoms with van der Waals surface area (Å²) in [6, 6.07) is 21.7. The number of rotatable bonds is 8. The molecule has 0 atom stereocenters. The van der Waals surface area contributed by atoms with Crippen LogP contribution in [0.2, 0.25) is 0 Å². The predicted octanol–water partition coefficient (Wildman–Crippen LogP) is 7.67. The first-order chi connectivity index (χ1) is 18.0. The van der Waals surface area contributed by atoms with Crippen LogP contribution in [0.15, 0.2) is 71.9 Å². The Morgan fingerprint density at radius 1 is 0.865 bits per heavy atom. The molecule has 0 unspecified atom stereocenters. The van der Waals surface area contributed by atoms with Crippen molar-refractivity contribution in [3.8, 4) is 0 Å². The molecule has 3 aromatic carbocycles. The molecule has 0 amide bonds. The number of hydrogen-bond donors (Lipinski definition) is 0. The summed E-state index contributed by atoms with van der Waals surface area (Å²) in [6.07, 6.45) is 8.28. The van der Waals surface area contributed by atoms with Gasteiger partial charge < -0.3 is 9.40 Å². The molecular formula is C32H34N2O3. The van der Waals surface area contributed by atoms with Crippen molar-refractivity contribution in [2.24, 2.45) is 11.1 Å². The first kappa shape index (κ1) is 24.9. The molecular weight excluding hydrogens is 460 g/mol. The molecule has 0 N–H and O–H groups in total. The van der Waals surface area contributed by atoms with Crippen molar-refractivity contribution in [3.63, 3.8) is 0 Å². The Bertz CT molecular complexity index is 1460. The van der Waals surface area contributed by atoms with Crippen LogP contribution in [0.3, 0.4) is 0 Å². The number of fused-ring (bicyclic) bond motifs is 3. The Balaban J connectivity index is 1.56. The van der Waals surface area contributed by atoms with E-state index in [0.717, 1.165) is 52.5 Å². The van der Waals surface area contributed by atoms with Gasteiger partial charge in [-0.2, -0.15) is 0 Å². The maximum atomic E-state index is 13.2. The Morgan fingerprint density at radius 3 is 2.16 bits per heavy atom. The standard InChI is InChI=1S/C32H34N2O3/c1-3-34-30-18-15-25(29(33-37-22(2)35)17-14-23-10-6-4-7-11-23)20-27(30)28-21-26(16-19-31(28)34)32(36)24-12-8-5-9-13-24/h5,8-9,12-13,15-16,18-21,23H,3-4,6-7,10-11,14,17H2,1-2H3/b33-29+. The largest absolute Gasteiger partial charge is 0.341 e. The minimum Gasteiger partial charge on any atom is -0.341 e. The van der Waals surface area contributed by atoms with E-state index >= 15 is 0 Å². The van der Waals surface area contributed by atoms with Crippen LogP contribution in [-0.4, -0.2) is 22.0 Å². The quantitative estimate of drug-likeness (QED) is 0.109. The van der Waals surface area contributed by atoms with Crippen molar-refractivity contribution in [3.05, 3.63) is 83.4 Å². The monoisotopic (exact) mass is 494 g/mol. The van der Waals surface area contributed by atoms with Gasteiger partial charge in [-0.25, -0.2) is 4.79 Å². The van der Waals surface area contributed by atoms with Crippen LogP contribution in [0.5, 0.6) is 0 Å². The molecule has 5 heteroatoms. The highest BCUT2D eigenvalue weighted by Gasteiger charge is 2.18. The number of ketones is 1. The Kier molecular flexibility index (Phi) is 7.50. The van der Waals surface area contributed by atoms with Gasteiger partial charge in [0.15, 0.2) is 5.78 Å². The fourth-order valence-corrected chi connectivity index (χ4v) is 5.70. The second-order valence-electron chi connectivity index (χ2n) is 10.1. The topological polar surface area (TPSA) is 60.7 Å². The summed E-state index contributed by atoms with van der Waals surface area (Å²) < 4.78 is 2.27. The molecule has 1 saturated carbocycles. The third kappa shape index (κ3) is 5.36. The molecule has 1 fully saturated rings. The number of benzene rings is 3. The van der Waals surface area contributed by atoms with Gasteiger partial charge >= 0.3 is 5.97 Å². The average molecular weight is 495 g/mol. The van der Waals surface area contributed by atoms with Crippen molar-refractivity contribution in [1.82, 2.24) is 4.57 Å². The molecule has 190 valence electrons. The second-order valence-corrected chi connectivity index (χ2v) is 10.1. The Hall–Kier alpha value is -3.73. The second kappa shape index (κ2) is 11.1. The van der Waals surface area contributed by atoms with Crippen molar-refractivity contribution in [2.45, 2.75) is 65.3 Å². The molecule has 1 aliphatic carbocycles. The molecule has 1 heterocycles. The molecule has 37 heavy (non-hydrogen) atoms. The van der Waals surface area contributed by atoms with E-state index in [4.69, 9.17) is 4.84 Å². The number of carbonyl (C=O) groups is 2. The molecule has 0 aliphatic heterocycles. The van der Waals surface area contributed by atoms with Crippen molar-refractivity contribution in [2.75, 3.05) is 0 Å². The van der Waals surface area contributed by atoms with E-state index in [9.17, 15) is 9.59 Å². The fraction of sp³-hybridized carbons (Fsp3) is 0.344. The lowest BCUT2D eigenvalue weighted by Crippen LogP contribution is -2.11. The predicted molar refractivity (Wildman–Crippen MR) is 149 cm³/mol. The highest BCUT2D eigenvalue weighted by Crippen LogP contribution is 2.33. The summed E-state index contributed by atoms with van der Waals surface area (Å²) in [5.74, 6) is 0.303. The third-order valence-corrected chi connectivity index (χ3v) is 7.61. The highest BCUT2D eigenvalue weighted by molar-refractivity contribution is 6.16. The molecule has 4 aromatic rings. The molecule has 5 nitrogen and oxygen atoms in total. The minimum atomic E-state index is -0.414. The highest BCUT2D eigenvalue weighted by atomic mass is 16.7. The number of hydrogen-bond acceptors (Lipinski definition) is 4. The Labute approximate surface area is 218 Å². The summed E-state index contributed by atoms with van der Waals surface area (Å²) >= 11 is 0. The fourth-order valence-electron chi connectivity index (χ4n) is 5.70.